The summed E-state index contributed by atoms with van der Waals surface area (Å²) in [5.74, 6) is 0.915. The minimum Gasteiger partial charge on any atom is -0.487 e. The van der Waals surface area contributed by atoms with Crippen molar-refractivity contribution in [2.24, 2.45) is 0 Å². The minimum atomic E-state index is 0.423. The molecule has 0 unspecified atom stereocenters. The van der Waals surface area contributed by atoms with Gasteiger partial charge in [0.15, 0.2) is 5.75 Å². The van der Waals surface area contributed by atoms with Gasteiger partial charge in [0.05, 0.1) is 25.0 Å². The summed E-state index contributed by atoms with van der Waals surface area (Å²) in [7, 11) is 1.94. The first-order chi connectivity index (χ1) is 7.38. The van der Waals surface area contributed by atoms with Crippen LogP contribution in [0.25, 0.3) is 0 Å². The van der Waals surface area contributed by atoms with Crippen molar-refractivity contribution in [2.45, 2.75) is 38.3 Å². The van der Waals surface area contributed by atoms with Crippen molar-refractivity contribution in [3.63, 3.8) is 0 Å². The predicted molar refractivity (Wildman–Crippen MR) is 59.0 cm³/mol. The third-order valence-electron chi connectivity index (χ3n) is 2.81. The van der Waals surface area contributed by atoms with E-state index < -0.39 is 0 Å². The average Bonchev–Trinajstić information content (AvgIpc) is 2.87. The number of nitrogens with one attached hydrogen (secondary N) is 1. The van der Waals surface area contributed by atoms with Gasteiger partial charge in [0.1, 0.15) is 0 Å². The Balaban J connectivity index is 1.83. The van der Waals surface area contributed by atoms with E-state index in [2.05, 4.69) is 10.4 Å². The molecule has 1 saturated carbocycles. The summed E-state index contributed by atoms with van der Waals surface area (Å²) in [5, 5.41) is 7.34. The lowest BCUT2D eigenvalue weighted by atomic mass is 10.3. The van der Waals surface area contributed by atoms with E-state index in [9.17, 15) is 0 Å². The fourth-order valence-electron chi connectivity index (χ4n) is 1.95. The van der Waals surface area contributed by atoms with E-state index in [4.69, 9.17) is 4.74 Å². The Bertz CT molecular complexity index is 292. The van der Waals surface area contributed by atoms with Crippen molar-refractivity contribution in [2.75, 3.05) is 13.6 Å². The van der Waals surface area contributed by atoms with Gasteiger partial charge in [-0.05, 0) is 32.7 Å². The van der Waals surface area contributed by atoms with Gasteiger partial charge in [-0.25, -0.2) is 0 Å². The lowest BCUT2D eigenvalue weighted by molar-refractivity contribution is 0.210. The topological polar surface area (TPSA) is 39.1 Å². The second kappa shape index (κ2) is 5.16. The molecule has 1 N–H and O–H groups in total. The number of hydrogen-bond donors (Lipinski definition) is 1. The van der Waals surface area contributed by atoms with Crippen LogP contribution in [-0.4, -0.2) is 29.5 Å². The Hall–Kier alpha value is -1.03. The molecule has 4 nitrogen and oxygen atoms in total. The van der Waals surface area contributed by atoms with Gasteiger partial charge in [-0.1, -0.05) is 0 Å². The van der Waals surface area contributed by atoms with Gasteiger partial charge in [-0.2, -0.15) is 5.10 Å². The number of nitrogens with zero attached hydrogens (tertiary/aromatic N) is 2. The fraction of sp³-hybridized carbons (Fsp3) is 0.727. The maximum atomic E-state index is 5.83. The number of rotatable bonds is 5. The summed E-state index contributed by atoms with van der Waals surface area (Å²) in [4.78, 5) is 0. The molecule has 1 aliphatic carbocycles. The van der Waals surface area contributed by atoms with E-state index in [1.165, 1.54) is 25.7 Å². The Morgan fingerprint density at radius 2 is 2.33 bits per heavy atom. The highest BCUT2D eigenvalue weighted by atomic mass is 16.5. The zero-order valence-corrected chi connectivity index (χ0v) is 9.28. The molecular weight excluding hydrogens is 190 g/mol. The van der Waals surface area contributed by atoms with E-state index in [-0.39, 0.29) is 0 Å². The number of likely N-dealkylation sites (N-methyl/N-ethyl adjacent to an activating group) is 1. The van der Waals surface area contributed by atoms with E-state index in [0.717, 1.165) is 18.8 Å². The summed E-state index contributed by atoms with van der Waals surface area (Å²) in [6, 6.07) is 0. The maximum Gasteiger partial charge on any atom is 0.157 e. The van der Waals surface area contributed by atoms with Crippen LogP contribution in [0, 0.1) is 0 Å². The highest BCUT2D eigenvalue weighted by Crippen LogP contribution is 2.23. The second-order valence-electron chi connectivity index (χ2n) is 4.07. The molecule has 1 aliphatic rings. The fourth-order valence-corrected chi connectivity index (χ4v) is 1.95. The number of hydrogen-bond acceptors (Lipinski definition) is 3. The molecule has 4 heteroatoms. The smallest absolute Gasteiger partial charge is 0.157 e. The van der Waals surface area contributed by atoms with Crippen LogP contribution in [0.2, 0.25) is 0 Å². The molecule has 0 amide bonds. The largest absolute Gasteiger partial charge is 0.487 e. The number of aromatic nitrogens is 2. The van der Waals surface area contributed by atoms with Gasteiger partial charge in [0, 0.05) is 6.54 Å². The van der Waals surface area contributed by atoms with Crippen LogP contribution in [0.5, 0.6) is 5.75 Å². The third-order valence-corrected chi connectivity index (χ3v) is 2.81. The summed E-state index contributed by atoms with van der Waals surface area (Å²) in [5.41, 5.74) is 0. The molecule has 0 bridgehead atoms. The predicted octanol–water partition coefficient (Wildman–Crippen LogP) is 1.42. The van der Waals surface area contributed by atoms with Crippen molar-refractivity contribution < 1.29 is 4.74 Å². The molecule has 0 aliphatic heterocycles. The van der Waals surface area contributed by atoms with Crippen LogP contribution in [0.3, 0.4) is 0 Å². The highest BCUT2D eigenvalue weighted by Gasteiger charge is 2.16. The van der Waals surface area contributed by atoms with Gasteiger partial charge >= 0.3 is 0 Å². The monoisotopic (exact) mass is 209 g/mol. The van der Waals surface area contributed by atoms with Gasteiger partial charge in [-0.15, -0.1) is 0 Å². The zero-order valence-electron chi connectivity index (χ0n) is 9.28. The lowest BCUT2D eigenvalue weighted by Crippen LogP contribution is -2.15. The highest BCUT2D eigenvalue weighted by molar-refractivity contribution is 5.12. The molecule has 0 saturated heterocycles. The molecule has 1 aromatic heterocycles. The van der Waals surface area contributed by atoms with Crippen LogP contribution >= 0.6 is 0 Å². The first-order valence-corrected chi connectivity index (χ1v) is 5.72. The van der Waals surface area contributed by atoms with Gasteiger partial charge in [-0.3, -0.25) is 4.68 Å². The molecule has 0 atom stereocenters. The molecule has 84 valence electrons. The second-order valence-corrected chi connectivity index (χ2v) is 4.07. The van der Waals surface area contributed by atoms with E-state index >= 15 is 0 Å². The Morgan fingerprint density at radius 1 is 1.53 bits per heavy atom. The van der Waals surface area contributed by atoms with Crippen LogP contribution in [-0.2, 0) is 6.54 Å². The Morgan fingerprint density at radius 3 is 3.07 bits per heavy atom. The zero-order chi connectivity index (χ0) is 10.5. The summed E-state index contributed by atoms with van der Waals surface area (Å²) in [6.45, 7) is 1.83. The van der Waals surface area contributed by atoms with Gasteiger partial charge in [0.2, 0.25) is 0 Å². The standard InChI is InChI=1S/C11H19N3O/c1-12-6-7-14-9-11(8-13-14)15-10-4-2-3-5-10/h8-10,12H,2-7H2,1H3. The molecule has 2 rings (SSSR count). The van der Waals surface area contributed by atoms with Crippen molar-refractivity contribution in [1.29, 1.82) is 0 Å². The van der Waals surface area contributed by atoms with Crippen LogP contribution in [0.4, 0.5) is 0 Å². The van der Waals surface area contributed by atoms with Crippen molar-refractivity contribution in [3.8, 4) is 5.75 Å². The SMILES string of the molecule is CNCCn1cc(OC2CCCC2)cn1. The van der Waals surface area contributed by atoms with Crippen molar-refractivity contribution in [3.05, 3.63) is 12.4 Å². The summed E-state index contributed by atoms with van der Waals surface area (Å²) < 4.78 is 7.75. The molecule has 0 spiro atoms. The number of ether oxygens (including phenoxy) is 1. The lowest BCUT2D eigenvalue weighted by Gasteiger charge is -2.09. The van der Waals surface area contributed by atoms with Gasteiger partial charge < -0.3 is 10.1 Å². The molecule has 15 heavy (non-hydrogen) atoms. The van der Waals surface area contributed by atoms with Gasteiger partial charge in [0.25, 0.3) is 0 Å². The normalized spacial score (nSPS) is 17.1. The molecule has 0 aromatic carbocycles. The summed E-state index contributed by atoms with van der Waals surface area (Å²) in [6.07, 6.45) is 9.22. The molecule has 1 aromatic rings. The Labute approximate surface area is 90.6 Å². The van der Waals surface area contributed by atoms with E-state index in [1.54, 1.807) is 0 Å². The molecule has 0 radical (unpaired) electrons. The minimum absolute atomic E-state index is 0.423. The quantitative estimate of drug-likeness (QED) is 0.797. The molecular formula is C11H19N3O. The molecule has 1 heterocycles. The summed E-state index contributed by atoms with van der Waals surface area (Å²) >= 11 is 0. The molecule has 1 fully saturated rings. The third kappa shape index (κ3) is 2.96. The van der Waals surface area contributed by atoms with Crippen LogP contribution in [0.15, 0.2) is 12.4 Å². The van der Waals surface area contributed by atoms with E-state index in [0.29, 0.717) is 6.10 Å². The van der Waals surface area contributed by atoms with Crippen LogP contribution < -0.4 is 10.1 Å². The van der Waals surface area contributed by atoms with Crippen molar-refractivity contribution in [1.82, 2.24) is 15.1 Å². The van der Waals surface area contributed by atoms with E-state index in [1.807, 2.05) is 24.1 Å². The maximum absolute atomic E-state index is 5.83. The van der Waals surface area contributed by atoms with Crippen LogP contribution in [0.1, 0.15) is 25.7 Å². The first kappa shape index (κ1) is 10.5. The van der Waals surface area contributed by atoms with Crippen molar-refractivity contribution >= 4 is 0 Å². The average molecular weight is 209 g/mol. The first-order valence-electron chi connectivity index (χ1n) is 5.72. The Kier molecular flexibility index (Phi) is 3.61.